The van der Waals surface area contributed by atoms with Crippen LogP contribution in [0.2, 0.25) is 5.02 Å². The third kappa shape index (κ3) is 7.45. The van der Waals surface area contributed by atoms with E-state index in [4.69, 9.17) is 16.6 Å². The van der Waals surface area contributed by atoms with E-state index in [9.17, 15) is 44.3 Å². The molecule has 9 rings (SSSR count). The van der Waals surface area contributed by atoms with Crippen LogP contribution in [-0.2, 0) is 40.8 Å². The molecule has 1 fully saturated rings. The number of amides is 1. The van der Waals surface area contributed by atoms with E-state index in [2.05, 4.69) is 20.2 Å². The summed E-state index contributed by atoms with van der Waals surface area (Å²) >= 11 is 6.59. The number of rotatable bonds is 11. The first kappa shape index (κ1) is 42.0. The van der Waals surface area contributed by atoms with E-state index in [0.717, 1.165) is 35.1 Å². The topological polar surface area (TPSA) is 146 Å². The first-order valence-electron chi connectivity index (χ1n) is 18.9. The van der Waals surface area contributed by atoms with Gasteiger partial charge in [0.05, 0.1) is 44.8 Å². The number of hydrogen-bond donors (Lipinski definition) is 2. The van der Waals surface area contributed by atoms with Gasteiger partial charge in [-0.1, -0.05) is 17.7 Å². The molecule has 0 saturated heterocycles. The SMILES string of the molecule is Cn1nc(NS(C)(=O)=O)c2c(Cl)ccc(-n3c([C@H](Cc4cc(F)cc(F)c4)NC(=O)Cn4nc(C(F)F)c5c4C(F)(F)C4CC54)nc4cc(-c5cc(F)cc(F)c5)ccc4c3=O)c21. The summed E-state index contributed by atoms with van der Waals surface area (Å²) in [5.41, 5.74) is -2.91. The van der Waals surface area contributed by atoms with Crippen LogP contribution in [0.5, 0.6) is 0 Å². The molecule has 1 amide bonds. The summed E-state index contributed by atoms with van der Waals surface area (Å²) in [7, 11) is -2.55. The number of nitrogens with zero attached hydrogens (tertiary/aromatic N) is 6. The van der Waals surface area contributed by atoms with Crippen LogP contribution < -0.4 is 15.6 Å². The zero-order valence-electron chi connectivity index (χ0n) is 32.4. The van der Waals surface area contributed by atoms with Crippen molar-refractivity contribution >= 4 is 55.2 Å². The fraction of sp³-hybridized carbons (Fsp3) is 0.244. The maximum Gasteiger partial charge on any atom is 0.293 e. The largest absolute Gasteiger partial charge is 0.344 e. The third-order valence-corrected chi connectivity index (χ3v) is 11.9. The molecule has 2 unspecified atom stereocenters. The van der Waals surface area contributed by atoms with Gasteiger partial charge in [0.15, 0.2) is 5.82 Å². The summed E-state index contributed by atoms with van der Waals surface area (Å²) in [4.78, 5) is 33.8. The summed E-state index contributed by atoms with van der Waals surface area (Å²) in [5.74, 6) is -11.3. The quantitative estimate of drug-likeness (QED) is 0.125. The molecule has 2 aliphatic carbocycles. The normalized spacial score (nSPS) is 17.0. The van der Waals surface area contributed by atoms with E-state index >= 15 is 8.78 Å². The van der Waals surface area contributed by atoms with Gasteiger partial charge in [-0.05, 0) is 77.6 Å². The number of fused-ring (bicyclic) bond motifs is 5. The van der Waals surface area contributed by atoms with Crippen molar-refractivity contribution in [3.8, 4) is 16.8 Å². The zero-order valence-corrected chi connectivity index (χ0v) is 34.0. The molecule has 3 atom stereocenters. The summed E-state index contributed by atoms with van der Waals surface area (Å²) in [6.45, 7) is -1.04. The summed E-state index contributed by atoms with van der Waals surface area (Å²) in [6.07, 6.45) is -2.96. The van der Waals surface area contributed by atoms with Crippen LogP contribution in [0.15, 0.2) is 71.5 Å². The highest BCUT2D eigenvalue weighted by Crippen LogP contribution is 2.68. The lowest BCUT2D eigenvalue weighted by atomic mass is 10.0. The van der Waals surface area contributed by atoms with E-state index in [1.807, 2.05) is 0 Å². The van der Waals surface area contributed by atoms with E-state index < -0.39 is 99.3 Å². The molecule has 0 spiro atoms. The van der Waals surface area contributed by atoms with Crippen molar-refractivity contribution in [2.24, 2.45) is 13.0 Å². The number of carbonyl (C=O) groups is 1. The van der Waals surface area contributed by atoms with Crippen molar-refractivity contribution in [2.75, 3.05) is 11.0 Å². The molecular weight excluding hydrogens is 888 g/mol. The average molecular weight is 917 g/mol. The first-order valence-corrected chi connectivity index (χ1v) is 21.1. The number of halogens is 9. The van der Waals surface area contributed by atoms with Crippen LogP contribution in [0.1, 0.15) is 53.1 Å². The minimum Gasteiger partial charge on any atom is -0.344 e. The van der Waals surface area contributed by atoms with Gasteiger partial charge in [0, 0.05) is 37.1 Å². The second-order valence-corrected chi connectivity index (χ2v) is 17.6. The second kappa shape index (κ2) is 14.9. The highest BCUT2D eigenvalue weighted by molar-refractivity contribution is 7.92. The van der Waals surface area contributed by atoms with Crippen molar-refractivity contribution in [3.05, 3.63) is 134 Å². The Bertz CT molecular complexity index is 3230. The van der Waals surface area contributed by atoms with Crippen molar-refractivity contribution in [3.63, 3.8) is 0 Å². The summed E-state index contributed by atoms with van der Waals surface area (Å²) < 4.78 is 147. The Morgan fingerprint density at radius 1 is 0.937 bits per heavy atom. The van der Waals surface area contributed by atoms with Crippen LogP contribution in [0, 0.1) is 29.2 Å². The van der Waals surface area contributed by atoms with Gasteiger partial charge < -0.3 is 5.32 Å². The zero-order chi connectivity index (χ0) is 45.0. The van der Waals surface area contributed by atoms with Crippen molar-refractivity contribution in [1.29, 1.82) is 0 Å². The fourth-order valence-electron chi connectivity index (χ4n) is 8.48. The molecule has 2 aliphatic rings. The van der Waals surface area contributed by atoms with Crippen LogP contribution in [0.3, 0.4) is 0 Å². The Balaban J connectivity index is 1.26. The lowest BCUT2D eigenvalue weighted by molar-refractivity contribution is -0.123. The van der Waals surface area contributed by atoms with Crippen LogP contribution in [0.25, 0.3) is 38.6 Å². The number of benzene rings is 4. The monoisotopic (exact) mass is 916 g/mol. The van der Waals surface area contributed by atoms with Gasteiger partial charge in [-0.2, -0.15) is 19.0 Å². The Labute approximate surface area is 355 Å². The van der Waals surface area contributed by atoms with Gasteiger partial charge in [-0.3, -0.25) is 28.2 Å². The van der Waals surface area contributed by atoms with E-state index in [-0.39, 0.29) is 72.8 Å². The second-order valence-electron chi connectivity index (χ2n) is 15.4. The van der Waals surface area contributed by atoms with E-state index in [1.54, 1.807) is 0 Å². The number of sulfonamides is 1. The lowest BCUT2D eigenvalue weighted by Gasteiger charge is -2.24. The molecule has 3 aromatic heterocycles. The molecular formula is C41H29ClF8N8O4S. The molecule has 12 nitrogen and oxygen atoms in total. The van der Waals surface area contributed by atoms with Crippen molar-refractivity contribution in [2.45, 2.75) is 43.7 Å². The number of aryl methyl sites for hydroxylation is 1. The molecule has 1 saturated carbocycles. The smallest absolute Gasteiger partial charge is 0.293 e. The molecule has 0 radical (unpaired) electrons. The number of anilines is 1. The Morgan fingerprint density at radius 2 is 1.60 bits per heavy atom. The molecule has 0 bridgehead atoms. The predicted octanol–water partition coefficient (Wildman–Crippen LogP) is 7.96. The van der Waals surface area contributed by atoms with Gasteiger partial charge in [0.25, 0.3) is 17.9 Å². The molecule has 7 aromatic rings. The lowest BCUT2D eigenvalue weighted by Crippen LogP contribution is -2.38. The third-order valence-electron chi connectivity index (χ3n) is 11.0. The Morgan fingerprint density at radius 3 is 2.25 bits per heavy atom. The standard InChI is InChI=1S/C41H29ClF8N8O4S/c1-56-35-30(6-5-27(42)33(35)38(54-56)55-63(2,61)62)58-39(52-28-12-18(3-4-24(28)40(58)60)19-10-22(45)14-23(46)11-19)29(9-17-7-20(43)13-21(44)8-17)51-31(59)16-57-36-32(34(53-57)37(47)48)25-15-26(25)41(36,49)50/h3-8,10-14,25-26,29,37H,9,15-16H2,1-2H3,(H,51,59)(H,54,55)/t25?,26?,29-/m0/s1. The highest BCUT2D eigenvalue weighted by atomic mass is 35.5. The molecule has 22 heteroatoms. The first-order chi connectivity index (χ1) is 29.7. The van der Waals surface area contributed by atoms with Gasteiger partial charge in [-0.25, -0.2) is 39.7 Å². The summed E-state index contributed by atoms with van der Waals surface area (Å²) in [5, 5.41) is 10.4. The number of aromatic nitrogens is 6. The van der Waals surface area contributed by atoms with Crippen LogP contribution in [-0.4, -0.2) is 49.7 Å². The molecule has 63 heavy (non-hydrogen) atoms. The molecule has 326 valence electrons. The van der Waals surface area contributed by atoms with Gasteiger partial charge in [0.2, 0.25) is 15.9 Å². The van der Waals surface area contributed by atoms with Crippen LogP contribution >= 0.6 is 11.6 Å². The number of carbonyl (C=O) groups excluding carboxylic acids is 1. The van der Waals surface area contributed by atoms with Crippen molar-refractivity contribution in [1.82, 2.24) is 34.4 Å². The van der Waals surface area contributed by atoms with E-state index in [1.165, 1.54) is 42.1 Å². The van der Waals surface area contributed by atoms with Crippen LogP contribution in [0.4, 0.5) is 40.9 Å². The van der Waals surface area contributed by atoms with Gasteiger partial charge >= 0.3 is 0 Å². The van der Waals surface area contributed by atoms with Crippen molar-refractivity contribution < 1.29 is 48.3 Å². The maximum absolute atomic E-state index is 15.5. The highest BCUT2D eigenvalue weighted by Gasteiger charge is 2.67. The molecule has 3 heterocycles. The van der Waals surface area contributed by atoms with Gasteiger partial charge in [0.1, 0.15) is 47.0 Å². The number of hydrogen-bond acceptors (Lipinski definition) is 7. The molecule has 4 aromatic carbocycles. The Hall–Kier alpha value is -6.35. The van der Waals surface area contributed by atoms with E-state index in [0.29, 0.717) is 16.8 Å². The average Bonchev–Trinajstić information content (AvgIpc) is 3.72. The minimum atomic E-state index is -3.95. The Kier molecular flexibility index (Phi) is 9.92. The molecule has 0 aliphatic heterocycles. The predicted molar refractivity (Wildman–Crippen MR) is 213 cm³/mol. The molecule has 2 N–H and O–H groups in total. The number of nitrogens with one attached hydrogen (secondary N) is 2. The minimum absolute atomic E-state index is 0.0117. The number of alkyl halides is 4. The van der Waals surface area contributed by atoms with Gasteiger partial charge in [-0.15, -0.1) is 0 Å². The fourth-order valence-corrected chi connectivity index (χ4v) is 9.22. The maximum atomic E-state index is 15.5. The summed E-state index contributed by atoms with van der Waals surface area (Å²) in [6, 6.07) is 10.2.